The molecule has 0 saturated heterocycles. The number of pyridine rings is 1. The lowest BCUT2D eigenvalue weighted by Gasteiger charge is -2.43. The zero-order valence-electron chi connectivity index (χ0n) is 20.9. The number of nitrogens with one attached hydrogen (secondary N) is 2. The second-order valence-corrected chi connectivity index (χ2v) is 10.6. The number of alkyl carbamates (subject to hydrolysis) is 1. The maximum atomic E-state index is 13.5. The molecule has 1 unspecified atom stereocenters. The highest BCUT2D eigenvalue weighted by Gasteiger charge is 2.47. The Morgan fingerprint density at radius 1 is 1.29 bits per heavy atom. The van der Waals surface area contributed by atoms with E-state index in [1.54, 1.807) is 20.8 Å². The summed E-state index contributed by atoms with van der Waals surface area (Å²) in [5.74, 6) is -2.88. The van der Waals surface area contributed by atoms with Gasteiger partial charge in [0.1, 0.15) is 17.5 Å². The molecule has 1 saturated carbocycles. The molecule has 1 amide bonds. The van der Waals surface area contributed by atoms with E-state index in [-0.39, 0.29) is 25.3 Å². The number of carbonyl (C=O) groups excluding carboxylic acids is 1. The molecule has 1 aromatic heterocycles. The van der Waals surface area contributed by atoms with Gasteiger partial charge in [-0.05, 0) is 77.5 Å². The van der Waals surface area contributed by atoms with Crippen LogP contribution in [0.4, 0.5) is 19.4 Å². The van der Waals surface area contributed by atoms with Gasteiger partial charge in [-0.1, -0.05) is 6.07 Å². The summed E-state index contributed by atoms with van der Waals surface area (Å²) in [6.07, 6.45) is 3.44. The number of carbonyl (C=O) groups is 2. The molecule has 8 nitrogen and oxygen atoms in total. The first-order valence-corrected chi connectivity index (χ1v) is 12.5. The second kappa shape index (κ2) is 11.5. The van der Waals surface area contributed by atoms with E-state index >= 15 is 0 Å². The number of fused-ring (bicyclic) bond motifs is 1. The number of hydrogen-bond donors (Lipinski definition) is 3. The number of aryl methyl sites for hydroxylation is 2. The lowest BCUT2D eigenvalue weighted by atomic mass is 9.86. The van der Waals surface area contributed by atoms with Crippen molar-refractivity contribution < 1.29 is 28.2 Å². The van der Waals surface area contributed by atoms with E-state index in [2.05, 4.69) is 22.8 Å². The van der Waals surface area contributed by atoms with Crippen LogP contribution in [0.15, 0.2) is 12.1 Å². The highest BCUT2D eigenvalue weighted by molar-refractivity contribution is 5.80. The Morgan fingerprint density at radius 2 is 2.03 bits per heavy atom. The molecular formula is C25H38F2N4O4. The van der Waals surface area contributed by atoms with Crippen molar-refractivity contribution >= 4 is 17.9 Å². The molecule has 3 N–H and O–H groups in total. The van der Waals surface area contributed by atoms with E-state index < -0.39 is 29.6 Å². The molecule has 196 valence electrons. The van der Waals surface area contributed by atoms with Gasteiger partial charge in [0.2, 0.25) is 0 Å². The van der Waals surface area contributed by atoms with Gasteiger partial charge in [-0.15, -0.1) is 0 Å². The molecular weight excluding hydrogens is 458 g/mol. The predicted molar refractivity (Wildman–Crippen MR) is 129 cm³/mol. The van der Waals surface area contributed by atoms with Gasteiger partial charge in [-0.3, -0.25) is 4.90 Å². The van der Waals surface area contributed by atoms with Gasteiger partial charge in [0.15, 0.2) is 0 Å². The Hall–Kier alpha value is -2.49. The monoisotopic (exact) mass is 496 g/mol. The smallest absolute Gasteiger partial charge is 0.408 e. The van der Waals surface area contributed by atoms with Gasteiger partial charge in [-0.25, -0.2) is 23.4 Å². The number of rotatable bonds is 11. The summed E-state index contributed by atoms with van der Waals surface area (Å²) in [6.45, 7) is 6.90. The molecule has 0 aromatic carbocycles. The fourth-order valence-corrected chi connectivity index (χ4v) is 4.50. The van der Waals surface area contributed by atoms with E-state index in [0.29, 0.717) is 13.1 Å². The number of aromatic nitrogens is 1. The quantitative estimate of drug-likeness (QED) is 0.394. The zero-order valence-corrected chi connectivity index (χ0v) is 20.9. The summed E-state index contributed by atoms with van der Waals surface area (Å²) >= 11 is 0. The van der Waals surface area contributed by atoms with Crippen LogP contribution in [-0.2, 0) is 22.4 Å². The number of carboxylic acids is 1. The minimum atomic E-state index is -2.66. The highest BCUT2D eigenvalue weighted by Crippen LogP contribution is 2.40. The van der Waals surface area contributed by atoms with E-state index in [9.17, 15) is 23.5 Å². The van der Waals surface area contributed by atoms with Crippen LogP contribution < -0.4 is 10.6 Å². The highest BCUT2D eigenvalue weighted by atomic mass is 19.3. The number of ether oxygens (including phenoxy) is 1. The van der Waals surface area contributed by atoms with Gasteiger partial charge in [0.25, 0.3) is 5.92 Å². The largest absolute Gasteiger partial charge is 0.480 e. The normalized spacial score (nSPS) is 18.2. The summed E-state index contributed by atoms with van der Waals surface area (Å²) in [5.41, 5.74) is 1.50. The average Bonchev–Trinajstić information content (AvgIpc) is 2.74. The first-order valence-electron chi connectivity index (χ1n) is 12.5. The zero-order chi connectivity index (χ0) is 25.6. The lowest BCUT2D eigenvalue weighted by molar-refractivity contribution is -0.141. The van der Waals surface area contributed by atoms with Crippen LogP contribution in [0.5, 0.6) is 0 Å². The van der Waals surface area contributed by atoms with Crippen LogP contribution in [0, 0.1) is 0 Å². The van der Waals surface area contributed by atoms with Crippen molar-refractivity contribution in [3.05, 3.63) is 23.4 Å². The number of unbranched alkanes of at least 4 members (excludes halogenated alkanes) is 1. The van der Waals surface area contributed by atoms with Gasteiger partial charge in [0.05, 0.1) is 0 Å². The number of halogens is 2. The van der Waals surface area contributed by atoms with E-state index in [0.717, 1.165) is 50.2 Å². The first-order chi connectivity index (χ1) is 16.4. The van der Waals surface area contributed by atoms with Gasteiger partial charge < -0.3 is 20.5 Å². The Morgan fingerprint density at radius 3 is 2.69 bits per heavy atom. The number of anilines is 1. The third-order valence-electron chi connectivity index (χ3n) is 6.36. The van der Waals surface area contributed by atoms with Crippen molar-refractivity contribution in [1.82, 2.24) is 15.2 Å². The van der Waals surface area contributed by atoms with E-state index in [4.69, 9.17) is 9.72 Å². The lowest BCUT2D eigenvalue weighted by Crippen LogP contribution is -2.52. The predicted octanol–water partition coefficient (Wildman–Crippen LogP) is 4.23. The standard InChI is InChI=1S/C25H38F2N4O4/c1-24(2,3)35-23(34)30-20(22(32)33)11-14-31(19-15-25(26,27)16-19)13-5-4-8-18-10-9-17-7-6-12-28-21(17)29-18/h9-10,19-20H,4-8,11-16H2,1-3H3,(H,28,29)(H,30,34)(H,32,33). The number of nitrogens with zero attached hydrogens (tertiary/aromatic N) is 2. The maximum absolute atomic E-state index is 13.5. The molecule has 0 bridgehead atoms. The Balaban J connectivity index is 1.50. The molecule has 0 radical (unpaired) electrons. The first kappa shape index (κ1) is 27.1. The fourth-order valence-electron chi connectivity index (χ4n) is 4.50. The molecule has 1 atom stereocenters. The third-order valence-corrected chi connectivity index (χ3v) is 6.36. The summed E-state index contributed by atoms with van der Waals surface area (Å²) in [4.78, 5) is 30.3. The molecule has 1 aromatic rings. The molecule has 0 spiro atoms. The van der Waals surface area contributed by atoms with Crippen molar-refractivity contribution in [2.24, 2.45) is 0 Å². The van der Waals surface area contributed by atoms with Crippen molar-refractivity contribution in [1.29, 1.82) is 0 Å². The molecule has 2 aliphatic rings. The molecule has 10 heteroatoms. The van der Waals surface area contributed by atoms with Crippen LogP contribution in [0.25, 0.3) is 0 Å². The minimum absolute atomic E-state index is 0.106. The van der Waals surface area contributed by atoms with Crippen molar-refractivity contribution in [2.45, 2.75) is 95.7 Å². The van der Waals surface area contributed by atoms with Crippen molar-refractivity contribution in [3.8, 4) is 0 Å². The van der Waals surface area contributed by atoms with Crippen molar-refractivity contribution in [3.63, 3.8) is 0 Å². The third kappa shape index (κ3) is 8.59. The van der Waals surface area contributed by atoms with Gasteiger partial charge in [0, 0.05) is 37.7 Å². The number of aliphatic carboxylic acids is 1. The second-order valence-electron chi connectivity index (χ2n) is 10.6. The van der Waals surface area contributed by atoms with E-state index in [1.165, 1.54) is 5.56 Å². The number of amides is 1. The summed E-state index contributed by atoms with van der Waals surface area (Å²) in [7, 11) is 0. The Bertz CT molecular complexity index is 883. The Kier molecular flexibility index (Phi) is 8.90. The molecule has 1 aliphatic carbocycles. The van der Waals surface area contributed by atoms with Gasteiger partial charge in [-0.2, -0.15) is 0 Å². The SMILES string of the molecule is CC(C)(C)OC(=O)NC(CCN(CCCCc1ccc2c(n1)NCCC2)C1CC(F)(F)C1)C(=O)O. The van der Waals surface area contributed by atoms with Crippen molar-refractivity contribution in [2.75, 3.05) is 25.0 Å². The maximum Gasteiger partial charge on any atom is 0.408 e. The van der Waals surface area contributed by atoms with Crippen LogP contribution in [0.1, 0.15) is 70.6 Å². The number of carboxylic acid groups (broad SMARTS) is 1. The number of alkyl halides is 2. The molecule has 2 heterocycles. The summed E-state index contributed by atoms with van der Waals surface area (Å²) in [5, 5.41) is 15.2. The van der Waals surface area contributed by atoms with Gasteiger partial charge >= 0.3 is 12.1 Å². The topological polar surface area (TPSA) is 104 Å². The summed E-state index contributed by atoms with van der Waals surface area (Å²) in [6, 6.07) is 2.73. The minimum Gasteiger partial charge on any atom is -0.480 e. The number of hydrogen-bond acceptors (Lipinski definition) is 6. The Labute approximate surface area is 205 Å². The average molecular weight is 497 g/mol. The van der Waals surface area contributed by atoms with Crippen LogP contribution in [0.2, 0.25) is 0 Å². The summed E-state index contributed by atoms with van der Waals surface area (Å²) < 4.78 is 32.2. The van der Waals surface area contributed by atoms with Crippen LogP contribution in [-0.4, -0.2) is 70.3 Å². The fraction of sp³-hybridized carbons (Fsp3) is 0.720. The molecule has 35 heavy (non-hydrogen) atoms. The molecule has 3 rings (SSSR count). The molecule has 1 aliphatic heterocycles. The van der Waals surface area contributed by atoms with E-state index in [1.807, 2.05) is 4.90 Å². The molecule has 1 fully saturated rings. The van der Waals surface area contributed by atoms with Crippen LogP contribution >= 0.6 is 0 Å². The van der Waals surface area contributed by atoms with Crippen LogP contribution in [0.3, 0.4) is 0 Å².